The first-order chi connectivity index (χ1) is 9.90. The summed E-state index contributed by atoms with van der Waals surface area (Å²) >= 11 is 0. The lowest BCUT2D eigenvalue weighted by Gasteiger charge is -2.20. The molecule has 1 atom stereocenters. The molecule has 0 radical (unpaired) electrons. The first-order valence-corrected chi connectivity index (χ1v) is 7.03. The van der Waals surface area contributed by atoms with Crippen LogP contribution >= 0.6 is 0 Å². The van der Waals surface area contributed by atoms with E-state index in [0.717, 1.165) is 11.3 Å². The maximum absolute atomic E-state index is 10.3. The Balaban J connectivity index is 2.11. The van der Waals surface area contributed by atoms with Crippen molar-refractivity contribution >= 4 is 0 Å². The number of benzene rings is 1. The SMILES string of the molecule is COc1cc(CC(O)c2ccc(C(C)(C)C)cc2)ncn1. The van der Waals surface area contributed by atoms with E-state index in [4.69, 9.17) is 4.74 Å². The van der Waals surface area contributed by atoms with Crippen LogP contribution in [0.5, 0.6) is 5.88 Å². The van der Waals surface area contributed by atoms with Crippen LogP contribution in [0.2, 0.25) is 0 Å². The molecule has 0 aliphatic rings. The lowest BCUT2D eigenvalue weighted by atomic mass is 9.86. The van der Waals surface area contributed by atoms with Crippen molar-refractivity contribution in [3.63, 3.8) is 0 Å². The summed E-state index contributed by atoms with van der Waals surface area (Å²) in [7, 11) is 1.56. The van der Waals surface area contributed by atoms with Gasteiger partial charge in [0.15, 0.2) is 0 Å². The van der Waals surface area contributed by atoms with Crippen molar-refractivity contribution in [1.82, 2.24) is 9.97 Å². The first-order valence-electron chi connectivity index (χ1n) is 7.03. The van der Waals surface area contributed by atoms with E-state index in [0.29, 0.717) is 12.3 Å². The standard InChI is InChI=1S/C17H22N2O2/c1-17(2,3)13-7-5-12(6-8-13)15(20)9-14-10-16(21-4)19-11-18-14/h5-8,10-11,15,20H,9H2,1-4H3. The third kappa shape index (κ3) is 4.02. The lowest BCUT2D eigenvalue weighted by molar-refractivity contribution is 0.177. The van der Waals surface area contributed by atoms with E-state index in [-0.39, 0.29) is 5.41 Å². The van der Waals surface area contributed by atoms with Crippen molar-refractivity contribution in [2.75, 3.05) is 7.11 Å². The second-order valence-corrected chi connectivity index (χ2v) is 6.14. The van der Waals surface area contributed by atoms with Crippen LogP contribution in [0.15, 0.2) is 36.7 Å². The van der Waals surface area contributed by atoms with E-state index in [2.05, 4.69) is 42.9 Å². The minimum atomic E-state index is -0.585. The van der Waals surface area contributed by atoms with Crippen molar-refractivity contribution in [1.29, 1.82) is 0 Å². The van der Waals surface area contributed by atoms with E-state index in [1.165, 1.54) is 11.9 Å². The summed E-state index contributed by atoms with van der Waals surface area (Å²) in [6.45, 7) is 6.52. The molecule has 112 valence electrons. The predicted molar refractivity (Wildman–Crippen MR) is 82.4 cm³/mol. The molecule has 1 aromatic heterocycles. The molecule has 1 unspecified atom stereocenters. The van der Waals surface area contributed by atoms with E-state index in [1.807, 2.05) is 12.1 Å². The van der Waals surface area contributed by atoms with Crippen molar-refractivity contribution in [2.45, 2.75) is 38.7 Å². The highest BCUT2D eigenvalue weighted by Gasteiger charge is 2.15. The number of rotatable bonds is 4. The number of nitrogens with zero attached hydrogens (tertiary/aromatic N) is 2. The van der Waals surface area contributed by atoms with E-state index in [1.54, 1.807) is 13.2 Å². The predicted octanol–water partition coefficient (Wildman–Crippen LogP) is 3.06. The quantitative estimate of drug-likeness (QED) is 0.938. The minimum Gasteiger partial charge on any atom is -0.481 e. The molecule has 2 aromatic rings. The average Bonchev–Trinajstić information content (AvgIpc) is 2.46. The van der Waals surface area contributed by atoms with Crippen LogP contribution in [0.3, 0.4) is 0 Å². The Bertz CT molecular complexity index is 588. The molecule has 0 fully saturated rings. The molecule has 0 aliphatic carbocycles. The first kappa shape index (κ1) is 15.4. The lowest BCUT2D eigenvalue weighted by Crippen LogP contribution is -2.11. The molecule has 4 heteroatoms. The molecule has 1 heterocycles. The normalized spacial score (nSPS) is 13.0. The van der Waals surface area contributed by atoms with Gasteiger partial charge in [0, 0.05) is 12.5 Å². The molecule has 1 N–H and O–H groups in total. The van der Waals surface area contributed by atoms with Gasteiger partial charge in [-0.25, -0.2) is 9.97 Å². The smallest absolute Gasteiger partial charge is 0.216 e. The van der Waals surface area contributed by atoms with Crippen LogP contribution in [-0.4, -0.2) is 22.2 Å². The van der Waals surface area contributed by atoms with Gasteiger partial charge in [-0.05, 0) is 16.5 Å². The summed E-state index contributed by atoms with van der Waals surface area (Å²) < 4.78 is 5.06. The van der Waals surface area contributed by atoms with Crippen LogP contribution in [0.4, 0.5) is 0 Å². The van der Waals surface area contributed by atoms with Crippen molar-refractivity contribution in [2.24, 2.45) is 0 Å². The Morgan fingerprint density at radius 1 is 1.14 bits per heavy atom. The van der Waals surface area contributed by atoms with Crippen molar-refractivity contribution < 1.29 is 9.84 Å². The maximum Gasteiger partial charge on any atom is 0.216 e. The van der Waals surface area contributed by atoms with Crippen LogP contribution in [-0.2, 0) is 11.8 Å². The van der Waals surface area contributed by atoms with Gasteiger partial charge in [0.25, 0.3) is 0 Å². The summed E-state index contributed by atoms with van der Waals surface area (Å²) in [6, 6.07) is 9.83. The molecular formula is C17H22N2O2. The fraction of sp³-hybridized carbons (Fsp3) is 0.412. The fourth-order valence-corrected chi connectivity index (χ4v) is 2.12. The van der Waals surface area contributed by atoms with Crippen LogP contribution in [0, 0.1) is 0 Å². The highest BCUT2D eigenvalue weighted by Crippen LogP contribution is 2.25. The zero-order valence-electron chi connectivity index (χ0n) is 13.0. The molecule has 0 saturated carbocycles. The summed E-state index contributed by atoms with van der Waals surface area (Å²) in [5.74, 6) is 0.510. The molecule has 0 amide bonds. The van der Waals surface area contributed by atoms with Gasteiger partial charge in [-0.2, -0.15) is 0 Å². The van der Waals surface area contributed by atoms with Crippen molar-refractivity contribution in [3.8, 4) is 5.88 Å². The highest BCUT2D eigenvalue weighted by atomic mass is 16.5. The Kier molecular flexibility index (Phi) is 4.58. The largest absolute Gasteiger partial charge is 0.481 e. The van der Waals surface area contributed by atoms with Gasteiger partial charge in [-0.1, -0.05) is 45.0 Å². The summed E-state index contributed by atoms with van der Waals surface area (Å²) in [4.78, 5) is 8.12. The van der Waals surface area contributed by atoms with Gasteiger partial charge < -0.3 is 9.84 Å². The number of hydrogen-bond acceptors (Lipinski definition) is 4. The van der Waals surface area contributed by atoms with E-state index >= 15 is 0 Å². The molecule has 0 aliphatic heterocycles. The van der Waals surface area contributed by atoms with Gasteiger partial charge in [-0.3, -0.25) is 0 Å². The average molecular weight is 286 g/mol. The Morgan fingerprint density at radius 3 is 2.38 bits per heavy atom. The van der Waals surface area contributed by atoms with Gasteiger partial charge in [-0.15, -0.1) is 0 Å². The zero-order chi connectivity index (χ0) is 15.5. The topological polar surface area (TPSA) is 55.2 Å². The zero-order valence-corrected chi connectivity index (χ0v) is 13.0. The summed E-state index contributed by atoms with van der Waals surface area (Å²) in [5, 5.41) is 10.3. The van der Waals surface area contributed by atoms with Gasteiger partial charge in [0.2, 0.25) is 5.88 Å². The molecule has 0 bridgehead atoms. The third-order valence-electron chi connectivity index (χ3n) is 3.47. The van der Waals surface area contributed by atoms with E-state index in [9.17, 15) is 5.11 Å². The number of aliphatic hydroxyl groups is 1. The van der Waals surface area contributed by atoms with Gasteiger partial charge in [0.1, 0.15) is 6.33 Å². The number of aromatic nitrogens is 2. The number of ether oxygens (including phenoxy) is 1. The Morgan fingerprint density at radius 2 is 1.81 bits per heavy atom. The Hall–Kier alpha value is -1.94. The summed E-state index contributed by atoms with van der Waals surface area (Å²) in [6.07, 6.45) is 1.30. The number of aliphatic hydroxyl groups excluding tert-OH is 1. The maximum atomic E-state index is 10.3. The molecular weight excluding hydrogens is 264 g/mol. The minimum absolute atomic E-state index is 0.115. The van der Waals surface area contributed by atoms with Gasteiger partial charge >= 0.3 is 0 Å². The van der Waals surface area contributed by atoms with Crippen LogP contribution < -0.4 is 4.74 Å². The summed E-state index contributed by atoms with van der Waals surface area (Å²) in [5.41, 5.74) is 3.01. The number of hydrogen-bond donors (Lipinski definition) is 1. The molecule has 21 heavy (non-hydrogen) atoms. The van der Waals surface area contributed by atoms with Crippen molar-refractivity contribution in [3.05, 3.63) is 53.5 Å². The van der Waals surface area contributed by atoms with Crippen LogP contribution in [0.25, 0.3) is 0 Å². The number of methoxy groups -OCH3 is 1. The third-order valence-corrected chi connectivity index (χ3v) is 3.47. The fourth-order valence-electron chi connectivity index (χ4n) is 2.12. The molecule has 2 rings (SSSR count). The molecule has 4 nitrogen and oxygen atoms in total. The Labute approximate surface area is 125 Å². The van der Waals surface area contributed by atoms with E-state index < -0.39 is 6.10 Å². The van der Waals surface area contributed by atoms with Crippen LogP contribution in [0.1, 0.15) is 43.7 Å². The second kappa shape index (κ2) is 6.22. The monoisotopic (exact) mass is 286 g/mol. The highest BCUT2D eigenvalue weighted by molar-refractivity contribution is 5.29. The molecule has 0 spiro atoms. The molecule has 0 saturated heterocycles. The second-order valence-electron chi connectivity index (χ2n) is 6.14. The molecule has 1 aromatic carbocycles. The van der Waals surface area contributed by atoms with Gasteiger partial charge in [0.05, 0.1) is 18.9 Å².